The van der Waals surface area contributed by atoms with Crippen LogP contribution in [0.4, 0.5) is 0 Å². The smallest absolute Gasteiger partial charge is 0.0853 e. The maximum Gasteiger partial charge on any atom is 0.0853 e. The highest BCUT2D eigenvalue weighted by molar-refractivity contribution is 7.17. The van der Waals surface area contributed by atoms with Crippen molar-refractivity contribution in [1.29, 1.82) is 0 Å². The van der Waals surface area contributed by atoms with Crippen LogP contribution in [-0.2, 0) is 12.8 Å². The normalized spacial score (nSPS) is 12.9. The third kappa shape index (κ3) is 2.71. The van der Waals surface area contributed by atoms with Crippen LogP contribution in [0.15, 0.2) is 35.8 Å². The molecule has 0 spiro atoms. The summed E-state index contributed by atoms with van der Waals surface area (Å²) >= 11 is 3.45. The van der Waals surface area contributed by atoms with Crippen LogP contribution in [0.2, 0.25) is 0 Å². The van der Waals surface area contributed by atoms with Gasteiger partial charge in [0.2, 0.25) is 0 Å². The van der Waals surface area contributed by atoms with E-state index < -0.39 is 6.10 Å². The third-order valence-electron chi connectivity index (χ3n) is 3.17. The van der Waals surface area contributed by atoms with E-state index in [2.05, 4.69) is 24.0 Å². The van der Waals surface area contributed by atoms with Gasteiger partial charge in [0.05, 0.1) is 16.3 Å². The standard InChI is InChI=1S/C15H15NOS2/c1-2-11-3-4-12(19-11)8-14(17)10-7-15-13(16-9-10)5-6-18-15/h3-7,9,14,17H,2,8H2,1H3. The molecular weight excluding hydrogens is 274 g/mol. The van der Waals surface area contributed by atoms with E-state index in [9.17, 15) is 5.11 Å². The van der Waals surface area contributed by atoms with Crippen molar-refractivity contribution in [1.82, 2.24) is 4.98 Å². The second kappa shape index (κ2) is 5.41. The molecular formula is C15H15NOS2. The zero-order valence-corrected chi connectivity index (χ0v) is 12.3. The number of fused-ring (bicyclic) bond motifs is 1. The van der Waals surface area contributed by atoms with E-state index in [4.69, 9.17) is 0 Å². The fraction of sp³-hybridized carbons (Fsp3) is 0.267. The number of aryl methyl sites for hydroxylation is 1. The lowest BCUT2D eigenvalue weighted by Crippen LogP contribution is -2.00. The number of pyridine rings is 1. The van der Waals surface area contributed by atoms with Crippen molar-refractivity contribution in [2.75, 3.05) is 0 Å². The van der Waals surface area contributed by atoms with Crippen molar-refractivity contribution in [3.05, 3.63) is 51.2 Å². The summed E-state index contributed by atoms with van der Waals surface area (Å²) in [6, 6.07) is 8.31. The Bertz CT molecular complexity index is 686. The van der Waals surface area contributed by atoms with Crippen molar-refractivity contribution >= 4 is 32.9 Å². The Morgan fingerprint density at radius 3 is 2.89 bits per heavy atom. The van der Waals surface area contributed by atoms with Crippen molar-refractivity contribution in [3.63, 3.8) is 0 Å². The number of aliphatic hydroxyl groups excluding tert-OH is 1. The van der Waals surface area contributed by atoms with Crippen molar-refractivity contribution in [2.24, 2.45) is 0 Å². The molecule has 98 valence electrons. The van der Waals surface area contributed by atoms with E-state index >= 15 is 0 Å². The van der Waals surface area contributed by atoms with Crippen LogP contribution >= 0.6 is 22.7 Å². The van der Waals surface area contributed by atoms with Crippen molar-refractivity contribution in [3.8, 4) is 0 Å². The molecule has 4 heteroatoms. The van der Waals surface area contributed by atoms with Gasteiger partial charge in [0, 0.05) is 27.9 Å². The molecule has 3 rings (SSSR count). The summed E-state index contributed by atoms with van der Waals surface area (Å²) in [4.78, 5) is 6.98. The molecule has 0 fully saturated rings. The van der Waals surface area contributed by atoms with Gasteiger partial charge in [-0.05, 0) is 36.1 Å². The summed E-state index contributed by atoms with van der Waals surface area (Å²) in [6.45, 7) is 2.15. The number of thiophene rings is 2. The Labute approximate surface area is 120 Å². The predicted octanol–water partition coefficient (Wildman–Crippen LogP) is 4.20. The van der Waals surface area contributed by atoms with Crippen LogP contribution in [0.5, 0.6) is 0 Å². The first-order valence-corrected chi connectivity index (χ1v) is 8.04. The van der Waals surface area contributed by atoms with Crippen LogP contribution in [0.3, 0.4) is 0 Å². The Hall–Kier alpha value is -1.23. The molecule has 0 aromatic carbocycles. The van der Waals surface area contributed by atoms with Crippen LogP contribution in [0.1, 0.15) is 28.3 Å². The molecule has 0 amide bonds. The molecule has 3 aromatic rings. The summed E-state index contributed by atoms with van der Waals surface area (Å²) in [5.41, 5.74) is 1.91. The predicted molar refractivity (Wildman–Crippen MR) is 82.0 cm³/mol. The second-order valence-corrected chi connectivity index (χ2v) is 6.71. The van der Waals surface area contributed by atoms with Gasteiger partial charge in [0.25, 0.3) is 0 Å². The number of nitrogens with zero attached hydrogens (tertiary/aromatic N) is 1. The number of rotatable bonds is 4. The summed E-state index contributed by atoms with van der Waals surface area (Å²) < 4.78 is 1.14. The zero-order valence-electron chi connectivity index (χ0n) is 10.7. The van der Waals surface area contributed by atoms with Gasteiger partial charge in [-0.1, -0.05) is 6.92 Å². The Balaban J connectivity index is 1.80. The van der Waals surface area contributed by atoms with Crippen LogP contribution in [0.25, 0.3) is 10.2 Å². The van der Waals surface area contributed by atoms with Crippen LogP contribution in [-0.4, -0.2) is 10.1 Å². The third-order valence-corrected chi connectivity index (χ3v) is 5.27. The number of aliphatic hydroxyl groups is 1. The van der Waals surface area contributed by atoms with Gasteiger partial charge in [-0.15, -0.1) is 22.7 Å². The maximum absolute atomic E-state index is 10.3. The van der Waals surface area contributed by atoms with Gasteiger partial charge in [0.1, 0.15) is 0 Å². The first-order chi connectivity index (χ1) is 9.26. The Kier molecular flexibility index (Phi) is 3.64. The summed E-state index contributed by atoms with van der Waals surface area (Å²) in [5.74, 6) is 0. The molecule has 3 aromatic heterocycles. The molecule has 1 N–H and O–H groups in total. The molecule has 0 aliphatic rings. The Morgan fingerprint density at radius 2 is 2.11 bits per heavy atom. The van der Waals surface area contributed by atoms with Gasteiger partial charge < -0.3 is 5.11 Å². The van der Waals surface area contributed by atoms with E-state index in [1.54, 1.807) is 28.9 Å². The van der Waals surface area contributed by atoms with E-state index in [1.165, 1.54) is 9.75 Å². The molecule has 2 nitrogen and oxygen atoms in total. The quantitative estimate of drug-likeness (QED) is 0.781. The summed E-state index contributed by atoms with van der Waals surface area (Å²) in [6.07, 6.45) is 3.04. The van der Waals surface area contributed by atoms with E-state index in [0.29, 0.717) is 6.42 Å². The van der Waals surface area contributed by atoms with Crippen molar-refractivity contribution < 1.29 is 5.11 Å². The molecule has 0 radical (unpaired) electrons. The first kappa shape index (κ1) is 12.8. The summed E-state index contributed by atoms with van der Waals surface area (Å²) in [7, 11) is 0. The number of hydrogen-bond donors (Lipinski definition) is 1. The van der Waals surface area contributed by atoms with Crippen LogP contribution < -0.4 is 0 Å². The minimum absolute atomic E-state index is 0.470. The average Bonchev–Trinajstić information content (AvgIpc) is 3.05. The average molecular weight is 289 g/mol. The van der Waals surface area contributed by atoms with Gasteiger partial charge in [-0.2, -0.15) is 0 Å². The minimum atomic E-state index is -0.470. The zero-order chi connectivity index (χ0) is 13.2. The second-order valence-electron chi connectivity index (χ2n) is 4.51. The molecule has 0 saturated heterocycles. The molecule has 1 unspecified atom stereocenters. The molecule has 0 aliphatic carbocycles. The van der Waals surface area contributed by atoms with Gasteiger partial charge in [-0.25, -0.2) is 0 Å². The summed E-state index contributed by atoms with van der Waals surface area (Å²) in [5, 5.41) is 12.4. The molecule has 0 saturated carbocycles. The topological polar surface area (TPSA) is 33.1 Å². The highest BCUT2D eigenvalue weighted by Gasteiger charge is 2.11. The number of hydrogen-bond acceptors (Lipinski definition) is 4. The van der Waals surface area contributed by atoms with E-state index in [0.717, 1.165) is 22.2 Å². The molecule has 19 heavy (non-hydrogen) atoms. The van der Waals surface area contributed by atoms with Crippen molar-refractivity contribution in [2.45, 2.75) is 25.9 Å². The van der Waals surface area contributed by atoms with E-state index in [1.807, 2.05) is 17.5 Å². The minimum Gasteiger partial charge on any atom is -0.388 e. The van der Waals surface area contributed by atoms with Gasteiger partial charge in [-0.3, -0.25) is 4.98 Å². The lowest BCUT2D eigenvalue weighted by atomic mass is 10.1. The van der Waals surface area contributed by atoms with Gasteiger partial charge in [0.15, 0.2) is 0 Å². The van der Waals surface area contributed by atoms with Crippen LogP contribution in [0, 0.1) is 0 Å². The first-order valence-electron chi connectivity index (χ1n) is 6.35. The highest BCUT2D eigenvalue weighted by atomic mass is 32.1. The monoisotopic (exact) mass is 289 g/mol. The Morgan fingerprint density at radius 1 is 1.26 bits per heavy atom. The fourth-order valence-corrected chi connectivity index (χ4v) is 3.86. The SMILES string of the molecule is CCc1ccc(CC(O)c2cnc3ccsc3c2)s1. The number of aromatic nitrogens is 1. The molecule has 3 heterocycles. The van der Waals surface area contributed by atoms with E-state index in [-0.39, 0.29) is 0 Å². The highest BCUT2D eigenvalue weighted by Crippen LogP contribution is 2.27. The lowest BCUT2D eigenvalue weighted by molar-refractivity contribution is 0.179. The lowest BCUT2D eigenvalue weighted by Gasteiger charge is -2.09. The molecule has 0 bridgehead atoms. The molecule has 1 atom stereocenters. The van der Waals surface area contributed by atoms with Gasteiger partial charge >= 0.3 is 0 Å². The maximum atomic E-state index is 10.3. The molecule has 0 aliphatic heterocycles. The largest absolute Gasteiger partial charge is 0.388 e. The fourth-order valence-electron chi connectivity index (χ4n) is 2.07.